The van der Waals surface area contributed by atoms with Crippen LogP contribution < -0.4 is 15.4 Å². The molecule has 156 valence electrons. The van der Waals surface area contributed by atoms with Gasteiger partial charge in [-0.2, -0.15) is 0 Å². The first-order chi connectivity index (χ1) is 15.1. The van der Waals surface area contributed by atoms with Crippen LogP contribution in [0.25, 0.3) is 11.0 Å². The molecule has 1 aliphatic rings. The number of carbonyl (C=O) groups excluding carboxylic acids is 1. The van der Waals surface area contributed by atoms with Crippen LogP contribution in [0.15, 0.2) is 55.0 Å². The molecule has 1 aliphatic heterocycles. The van der Waals surface area contributed by atoms with E-state index in [2.05, 4.69) is 20.6 Å². The fraction of sp³-hybridized carbons (Fsp3) is 0.136. The first-order valence-electron chi connectivity index (χ1n) is 9.68. The van der Waals surface area contributed by atoms with Crippen LogP contribution in [0, 0.1) is 0 Å². The zero-order chi connectivity index (χ0) is 21.4. The second kappa shape index (κ2) is 7.90. The number of aliphatic hydroxyl groups excluding tert-OH is 1. The Morgan fingerprint density at radius 3 is 2.94 bits per heavy atom. The van der Waals surface area contributed by atoms with Crippen molar-refractivity contribution in [2.24, 2.45) is 0 Å². The third-order valence-electron chi connectivity index (χ3n) is 5.02. The minimum absolute atomic E-state index is 0.0168. The summed E-state index contributed by atoms with van der Waals surface area (Å²) in [6.45, 7) is 0.462. The van der Waals surface area contributed by atoms with Gasteiger partial charge in [0.05, 0.1) is 23.6 Å². The van der Waals surface area contributed by atoms with E-state index in [4.69, 9.17) is 16.3 Å². The number of nitrogens with zero attached hydrogens (tertiary/aromatic N) is 3. The summed E-state index contributed by atoms with van der Waals surface area (Å²) in [5.74, 6) is 1.70. The number of hydrogen-bond donors (Lipinski definition) is 3. The molecule has 0 unspecified atom stereocenters. The number of halogens is 1. The quantitative estimate of drug-likeness (QED) is 0.421. The maximum absolute atomic E-state index is 11.5. The summed E-state index contributed by atoms with van der Waals surface area (Å²) in [4.78, 5) is 20.1. The van der Waals surface area contributed by atoms with Gasteiger partial charge in [-0.15, -0.1) is 0 Å². The van der Waals surface area contributed by atoms with Gasteiger partial charge in [-0.05, 0) is 48.0 Å². The summed E-state index contributed by atoms with van der Waals surface area (Å²) in [5.41, 5.74) is 4.02. The van der Waals surface area contributed by atoms with Crippen LogP contribution in [0.4, 0.5) is 17.2 Å². The second-order valence-corrected chi connectivity index (χ2v) is 7.51. The standard InChI is InChI=1S/C22H18ClN5O3/c23-16-11-14(26-22-21-18(24-12-25-22)5-6-28(21)7-8-29)1-4-19(16)31-15-2-3-17-13(9-15)10-20(30)27-17/h1-6,9,11-12,29H,7-8,10H2,(H,27,30)(H,24,25,26). The molecule has 0 aliphatic carbocycles. The summed E-state index contributed by atoms with van der Waals surface area (Å²) in [6.07, 6.45) is 3.69. The predicted octanol–water partition coefficient (Wildman–Crippen LogP) is 4.11. The molecule has 4 aromatic rings. The molecule has 3 heterocycles. The first-order valence-corrected chi connectivity index (χ1v) is 10.1. The average Bonchev–Trinajstić information content (AvgIpc) is 3.33. The number of ether oxygens (including phenoxy) is 1. The number of aliphatic hydroxyl groups is 1. The molecule has 5 rings (SSSR count). The Balaban J connectivity index is 1.38. The SMILES string of the molecule is O=C1Cc2cc(Oc3ccc(Nc4ncnc5ccn(CCO)c45)cc3Cl)ccc2N1. The number of rotatable bonds is 6. The number of fused-ring (bicyclic) bond motifs is 2. The van der Waals surface area contributed by atoms with Gasteiger partial charge >= 0.3 is 0 Å². The molecule has 0 atom stereocenters. The fourth-order valence-corrected chi connectivity index (χ4v) is 3.83. The molecule has 0 radical (unpaired) electrons. The van der Waals surface area contributed by atoms with Crippen molar-refractivity contribution in [2.75, 3.05) is 17.2 Å². The molecular weight excluding hydrogens is 418 g/mol. The molecule has 0 bridgehead atoms. The van der Waals surface area contributed by atoms with Crippen molar-refractivity contribution in [1.82, 2.24) is 14.5 Å². The lowest BCUT2D eigenvalue weighted by atomic mass is 10.1. The van der Waals surface area contributed by atoms with E-state index in [9.17, 15) is 9.90 Å². The number of nitrogens with one attached hydrogen (secondary N) is 2. The Hall–Kier alpha value is -3.62. The van der Waals surface area contributed by atoms with E-state index in [0.29, 0.717) is 35.3 Å². The monoisotopic (exact) mass is 435 g/mol. The Bertz CT molecular complexity index is 1300. The van der Waals surface area contributed by atoms with Gasteiger partial charge in [-0.1, -0.05) is 11.6 Å². The molecule has 0 spiro atoms. The fourth-order valence-electron chi connectivity index (χ4n) is 3.61. The first kappa shape index (κ1) is 19.3. The molecule has 31 heavy (non-hydrogen) atoms. The highest BCUT2D eigenvalue weighted by Crippen LogP contribution is 2.35. The Morgan fingerprint density at radius 2 is 2.10 bits per heavy atom. The van der Waals surface area contributed by atoms with Gasteiger partial charge in [0, 0.05) is 24.1 Å². The van der Waals surface area contributed by atoms with Crippen LogP contribution in [0.2, 0.25) is 5.02 Å². The summed E-state index contributed by atoms with van der Waals surface area (Å²) >= 11 is 6.46. The normalized spacial score (nSPS) is 12.6. The largest absolute Gasteiger partial charge is 0.456 e. The number of aromatic nitrogens is 3. The third-order valence-corrected chi connectivity index (χ3v) is 5.31. The van der Waals surface area contributed by atoms with Crippen LogP contribution in [-0.2, 0) is 17.8 Å². The van der Waals surface area contributed by atoms with Crippen molar-refractivity contribution >= 4 is 45.7 Å². The van der Waals surface area contributed by atoms with Crippen LogP contribution >= 0.6 is 11.6 Å². The number of anilines is 3. The zero-order valence-corrected chi connectivity index (χ0v) is 17.1. The lowest BCUT2D eigenvalue weighted by Gasteiger charge is -2.12. The molecule has 3 N–H and O–H groups in total. The number of carbonyl (C=O) groups is 1. The Labute approximate surface area is 182 Å². The van der Waals surface area contributed by atoms with Gasteiger partial charge in [-0.3, -0.25) is 4.79 Å². The molecule has 8 nitrogen and oxygen atoms in total. The summed E-state index contributed by atoms with van der Waals surface area (Å²) < 4.78 is 7.82. The molecule has 9 heteroatoms. The number of amides is 1. The van der Waals surface area contributed by atoms with E-state index in [1.54, 1.807) is 18.2 Å². The maximum atomic E-state index is 11.5. The van der Waals surface area contributed by atoms with E-state index in [0.717, 1.165) is 28.0 Å². The van der Waals surface area contributed by atoms with Gasteiger partial charge in [0.1, 0.15) is 23.3 Å². The highest BCUT2D eigenvalue weighted by Gasteiger charge is 2.18. The zero-order valence-electron chi connectivity index (χ0n) is 16.3. The summed E-state index contributed by atoms with van der Waals surface area (Å²) in [7, 11) is 0. The van der Waals surface area contributed by atoms with E-state index >= 15 is 0 Å². The van der Waals surface area contributed by atoms with Crippen LogP contribution in [0.3, 0.4) is 0 Å². The highest BCUT2D eigenvalue weighted by atomic mass is 35.5. The van der Waals surface area contributed by atoms with Gasteiger partial charge in [0.2, 0.25) is 5.91 Å². The van der Waals surface area contributed by atoms with E-state index in [1.807, 2.05) is 35.0 Å². The van der Waals surface area contributed by atoms with Gasteiger partial charge in [0.25, 0.3) is 0 Å². The molecule has 0 saturated carbocycles. The van der Waals surface area contributed by atoms with E-state index in [-0.39, 0.29) is 12.5 Å². The number of benzene rings is 2. The van der Waals surface area contributed by atoms with Gasteiger partial charge in [-0.25, -0.2) is 9.97 Å². The topological polar surface area (TPSA) is 101 Å². The van der Waals surface area contributed by atoms with Crippen molar-refractivity contribution in [3.63, 3.8) is 0 Å². The van der Waals surface area contributed by atoms with Crippen molar-refractivity contribution in [3.05, 3.63) is 65.6 Å². The van der Waals surface area contributed by atoms with Crippen molar-refractivity contribution in [1.29, 1.82) is 0 Å². The lowest BCUT2D eigenvalue weighted by molar-refractivity contribution is -0.115. The maximum Gasteiger partial charge on any atom is 0.228 e. The highest BCUT2D eigenvalue weighted by molar-refractivity contribution is 6.32. The van der Waals surface area contributed by atoms with Crippen molar-refractivity contribution in [2.45, 2.75) is 13.0 Å². The van der Waals surface area contributed by atoms with Crippen LogP contribution in [-0.4, -0.2) is 32.2 Å². The van der Waals surface area contributed by atoms with Crippen LogP contribution in [0.1, 0.15) is 5.56 Å². The summed E-state index contributed by atoms with van der Waals surface area (Å²) in [6, 6.07) is 12.7. The minimum Gasteiger partial charge on any atom is -0.456 e. The molecule has 2 aromatic heterocycles. The van der Waals surface area contributed by atoms with Crippen LogP contribution in [0.5, 0.6) is 11.5 Å². The molecule has 0 fully saturated rings. The molecule has 2 aromatic carbocycles. The minimum atomic E-state index is -0.0235. The molecular formula is C22H18ClN5O3. The van der Waals surface area contributed by atoms with Gasteiger partial charge in [0.15, 0.2) is 5.82 Å². The predicted molar refractivity (Wildman–Crippen MR) is 118 cm³/mol. The third kappa shape index (κ3) is 3.78. The van der Waals surface area contributed by atoms with E-state index in [1.165, 1.54) is 6.33 Å². The Morgan fingerprint density at radius 1 is 1.19 bits per heavy atom. The van der Waals surface area contributed by atoms with Crippen molar-refractivity contribution < 1.29 is 14.6 Å². The average molecular weight is 436 g/mol. The second-order valence-electron chi connectivity index (χ2n) is 7.11. The smallest absolute Gasteiger partial charge is 0.228 e. The Kier molecular flexibility index (Phi) is 4.93. The van der Waals surface area contributed by atoms with E-state index < -0.39 is 0 Å². The molecule has 1 amide bonds. The van der Waals surface area contributed by atoms with Gasteiger partial charge < -0.3 is 25.0 Å². The number of hydrogen-bond acceptors (Lipinski definition) is 6. The molecule has 0 saturated heterocycles. The van der Waals surface area contributed by atoms with Crippen molar-refractivity contribution in [3.8, 4) is 11.5 Å². The summed E-state index contributed by atoms with van der Waals surface area (Å²) in [5, 5.41) is 15.8. The lowest BCUT2D eigenvalue weighted by Crippen LogP contribution is -2.04.